The summed E-state index contributed by atoms with van der Waals surface area (Å²) in [5.74, 6) is 0.707. The molecule has 0 aromatic carbocycles. The van der Waals surface area contributed by atoms with Gasteiger partial charge in [0, 0.05) is 31.5 Å². The maximum atomic E-state index is 12.7. The molecule has 1 aliphatic heterocycles. The summed E-state index contributed by atoms with van der Waals surface area (Å²) >= 11 is 0. The maximum Gasteiger partial charge on any atom is 0.245 e. The number of carbonyl (C=O) groups is 1. The number of rotatable bonds is 5. The Hall–Kier alpha value is -1.70. The molecule has 1 saturated carbocycles. The number of morpholine rings is 1. The normalized spacial score (nSPS) is 28.3. The third kappa shape index (κ3) is 3.23. The molecule has 2 unspecified atom stereocenters. The predicted molar refractivity (Wildman–Crippen MR) is 96.6 cm³/mol. The quantitative estimate of drug-likeness (QED) is 0.836. The van der Waals surface area contributed by atoms with Crippen LogP contribution in [0.15, 0.2) is 18.3 Å². The first-order valence-corrected chi connectivity index (χ1v) is 8.89. The van der Waals surface area contributed by atoms with Gasteiger partial charge in [-0.1, -0.05) is 13.8 Å². The summed E-state index contributed by atoms with van der Waals surface area (Å²) in [5.41, 5.74) is 5.72. The third-order valence-corrected chi connectivity index (χ3v) is 5.58. The third-order valence-electron chi connectivity index (χ3n) is 5.58. The van der Waals surface area contributed by atoms with Crippen LogP contribution < -0.4 is 16.0 Å². The minimum atomic E-state index is -0.935. The number of anilines is 2. The van der Waals surface area contributed by atoms with E-state index in [9.17, 15) is 4.79 Å². The van der Waals surface area contributed by atoms with Gasteiger partial charge in [0.25, 0.3) is 0 Å². The number of carbonyl (C=O) groups excluding carboxylic acids is 1. The summed E-state index contributed by atoms with van der Waals surface area (Å²) in [4.78, 5) is 19.3. The molecule has 1 aromatic rings. The minimum absolute atomic E-state index is 0.00933. The van der Waals surface area contributed by atoms with Gasteiger partial charge in [-0.3, -0.25) is 4.79 Å². The molecule has 1 aromatic heterocycles. The Labute approximate surface area is 148 Å². The zero-order valence-corrected chi connectivity index (χ0v) is 15.2. The van der Waals surface area contributed by atoms with Crippen LogP contribution in [-0.4, -0.2) is 55.4 Å². The summed E-state index contributed by atoms with van der Waals surface area (Å²) < 4.78 is 11.0. The molecule has 2 fully saturated rings. The van der Waals surface area contributed by atoms with E-state index in [1.165, 1.54) is 0 Å². The zero-order chi connectivity index (χ0) is 18.1. The fourth-order valence-corrected chi connectivity index (χ4v) is 3.50. The van der Waals surface area contributed by atoms with Gasteiger partial charge in [0.2, 0.25) is 5.91 Å². The number of hydrogen-bond donors (Lipinski definition) is 2. The lowest BCUT2D eigenvalue weighted by Crippen LogP contribution is -2.74. The van der Waals surface area contributed by atoms with Gasteiger partial charge in [0.05, 0.1) is 31.2 Å². The van der Waals surface area contributed by atoms with Gasteiger partial charge < -0.3 is 25.4 Å². The Morgan fingerprint density at radius 2 is 2.16 bits per heavy atom. The van der Waals surface area contributed by atoms with E-state index in [0.717, 1.165) is 18.9 Å². The van der Waals surface area contributed by atoms with E-state index in [1.807, 2.05) is 32.9 Å². The summed E-state index contributed by atoms with van der Waals surface area (Å²) in [6, 6.07) is 3.78. The van der Waals surface area contributed by atoms with E-state index < -0.39 is 11.0 Å². The van der Waals surface area contributed by atoms with E-state index in [4.69, 9.17) is 15.2 Å². The van der Waals surface area contributed by atoms with Gasteiger partial charge in [0.15, 0.2) is 0 Å². The number of amides is 1. The molecule has 7 nitrogen and oxygen atoms in total. The average molecular weight is 348 g/mol. The predicted octanol–water partition coefficient (Wildman–Crippen LogP) is 1.39. The van der Waals surface area contributed by atoms with Crippen LogP contribution in [0.2, 0.25) is 0 Å². The SMILES string of the molecule is CCOC1CC(N)(C(=O)Nc2ccc(N3CCOCC3)nc2)C1(C)C. The Bertz CT molecular complexity index is 613. The molecule has 2 aliphatic rings. The fourth-order valence-electron chi connectivity index (χ4n) is 3.50. The largest absolute Gasteiger partial charge is 0.378 e. The number of hydrogen-bond acceptors (Lipinski definition) is 6. The van der Waals surface area contributed by atoms with Crippen LogP contribution in [0.1, 0.15) is 27.2 Å². The van der Waals surface area contributed by atoms with E-state index in [1.54, 1.807) is 6.20 Å². The molecule has 2 heterocycles. The average Bonchev–Trinajstić information content (AvgIpc) is 2.62. The number of aromatic nitrogens is 1. The molecule has 1 aliphatic carbocycles. The lowest BCUT2D eigenvalue weighted by Gasteiger charge is -2.57. The van der Waals surface area contributed by atoms with E-state index in [-0.39, 0.29) is 12.0 Å². The topological polar surface area (TPSA) is 89.7 Å². The highest BCUT2D eigenvalue weighted by atomic mass is 16.5. The van der Waals surface area contributed by atoms with Crippen LogP contribution in [0.3, 0.4) is 0 Å². The summed E-state index contributed by atoms with van der Waals surface area (Å²) in [6.07, 6.45) is 2.21. The molecule has 25 heavy (non-hydrogen) atoms. The maximum absolute atomic E-state index is 12.7. The van der Waals surface area contributed by atoms with Gasteiger partial charge >= 0.3 is 0 Å². The van der Waals surface area contributed by atoms with Crippen molar-refractivity contribution in [2.24, 2.45) is 11.1 Å². The van der Waals surface area contributed by atoms with Crippen LogP contribution in [0.5, 0.6) is 0 Å². The molecule has 138 valence electrons. The molecule has 3 rings (SSSR count). The Kier molecular flexibility index (Phi) is 4.99. The Balaban J connectivity index is 1.63. The van der Waals surface area contributed by atoms with Crippen molar-refractivity contribution in [3.63, 3.8) is 0 Å². The highest BCUT2D eigenvalue weighted by molar-refractivity contribution is 5.99. The van der Waals surface area contributed by atoms with Gasteiger partial charge in [-0.05, 0) is 19.1 Å². The summed E-state index contributed by atoms with van der Waals surface area (Å²) in [6.45, 7) is 9.63. The van der Waals surface area contributed by atoms with Crippen molar-refractivity contribution in [3.8, 4) is 0 Å². The number of ether oxygens (including phenoxy) is 2. The molecular weight excluding hydrogens is 320 g/mol. The monoisotopic (exact) mass is 348 g/mol. The molecular formula is C18H28N4O3. The lowest BCUT2D eigenvalue weighted by atomic mass is 9.54. The first-order valence-electron chi connectivity index (χ1n) is 8.89. The second-order valence-electron chi connectivity index (χ2n) is 7.30. The molecule has 0 radical (unpaired) electrons. The van der Waals surface area contributed by atoms with Crippen molar-refractivity contribution in [2.75, 3.05) is 43.1 Å². The molecule has 2 atom stereocenters. The summed E-state index contributed by atoms with van der Waals surface area (Å²) in [5, 5.41) is 2.91. The first kappa shape index (κ1) is 18.1. The van der Waals surface area contributed by atoms with E-state index >= 15 is 0 Å². The van der Waals surface area contributed by atoms with Gasteiger partial charge in [0.1, 0.15) is 11.4 Å². The highest BCUT2D eigenvalue weighted by Crippen LogP contribution is 2.50. The second-order valence-corrected chi connectivity index (χ2v) is 7.30. The van der Waals surface area contributed by atoms with E-state index in [0.29, 0.717) is 31.9 Å². The first-order chi connectivity index (χ1) is 11.9. The van der Waals surface area contributed by atoms with Crippen LogP contribution in [-0.2, 0) is 14.3 Å². The van der Waals surface area contributed by atoms with Crippen LogP contribution in [0, 0.1) is 5.41 Å². The molecule has 7 heteroatoms. The molecule has 1 saturated heterocycles. The smallest absolute Gasteiger partial charge is 0.245 e. The number of nitrogens with one attached hydrogen (secondary N) is 1. The fraction of sp³-hybridized carbons (Fsp3) is 0.667. The minimum Gasteiger partial charge on any atom is -0.378 e. The van der Waals surface area contributed by atoms with E-state index in [2.05, 4.69) is 15.2 Å². The van der Waals surface area contributed by atoms with Crippen LogP contribution in [0.4, 0.5) is 11.5 Å². The van der Waals surface area contributed by atoms with Crippen molar-refractivity contribution >= 4 is 17.4 Å². The van der Waals surface area contributed by atoms with Crippen molar-refractivity contribution < 1.29 is 14.3 Å². The standard InChI is InChI=1S/C18H28N4O3/c1-4-25-14-11-18(19,17(14,2)3)16(23)21-13-5-6-15(20-12-13)22-7-9-24-10-8-22/h5-6,12,14H,4,7-11,19H2,1-3H3,(H,21,23). The Morgan fingerprint density at radius 1 is 1.44 bits per heavy atom. The van der Waals surface area contributed by atoms with Gasteiger partial charge in [-0.25, -0.2) is 4.98 Å². The molecule has 0 bridgehead atoms. The number of pyridine rings is 1. The van der Waals surface area contributed by atoms with Crippen molar-refractivity contribution in [1.29, 1.82) is 0 Å². The molecule has 1 amide bonds. The molecule has 3 N–H and O–H groups in total. The van der Waals surface area contributed by atoms with Crippen molar-refractivity contribution in [2.45, 2.75) is 38.8 Å². The number of nitrogens with two attached hydrogens (primary N) is 1. The van der Waals surface area contributed by atoms with Crippen LogP contribution in [0.25, 0.3) is 0 Å². The van der Waals surface area contributed by atoms with Crippen molar-refractivity contribution in [3.05, 3.63) is 18.3 Å². The second kappa shape index (κ2) is 6.90. The summed E-state index contributed by atoms with van der Waals surface area (Å²) in [7, 11) is 0. The van der Waals surface area contributed by atoms with Gasteiger partial charge in [-0.15, -0.1) is 0 Å². The lowest BCUT2D eigenvalue weighted by molar-refractivity contribution is -0.166. The Morgan fingerprint density at radius 3 is 2.72 bits per heavy atom. The van der Waals surface area contributed by atoms with Crippen molar-refractivity contribution in [1.82, 2.24) is 4.98 Å². The highest BCUT2D eigenvalue weighted by Gasteiger charge is 2.62. The molecule has 0 spiro atoms. The number of nitrogens with zero attached hydrogens (tertiary/aromatic N) is 2. The van der Waals surface area contributed by atoms with Gasteiger partial charge in [-0.2, -0.15) is 0 Å². The van der Waals surface area contributed by atoms with Crippen LogP contribution >= 0.6 is 0 Å². The zero-order valence-electron chi connectivity index (χ0n) is 15.2.